The second-order valence-corrected chi connectivity index (χ2v) is 2.68. The minimum Gasteiger partial charge on any atom is -0.327 e. The Bertz CT molecular complexity index is 470. The van der Waals surface area contributed by atoms with Crippen molar-refractivity contribution in [1.29, 1.82) is 0 Å². The summed E-state index contributed by atoms with van der Waals surface area (Å²) in [5.74, 6) is -0.448. The first kappa shape index (κ1) is 9.25. The maximum absolute atomic E-state index is 12.9. The van der Waals surface area contributed by atoms with Crippen molar-refractivity contribution in [2.45, 2.75) is 0 Å². The molecule has 0 spiro atoms. The third kappa shape index (κ3) is 1.80. The number of hydrogen-bond donors (Lipinski definition) is 1. The average molecular weight is 207 g/mol. The first-order valence-corrected chi connectivity index (χ1v) is 4.04. The smallest absolute Gasteiger partial charge is 0.211 e. The molecule has 0 unspecified atom stereocenters. The Morgan fingerprint density at radius 3 is 3.00 bits per heavy atom. The van der Waals surface area contributed by atoms with Gasteiger partial charge in [0.15, 0.2) is 0 Å². The van der Waals surface area contributed by atoms with Gasteiger partial charge in [0, 0.05) is 0 Å². The Morgan fingerprint density at radius 2 is 2.33 bits per heavy atom. The number of hydrogen-bond acceptors (Lipinski definition) is 4. The molecular weight excluding hydrogens is 201 g/mol. The predicted molar refractivity (Wildman–Crippen MR) is 48.8 cm³/mol. The van der Waals surface area contributed by atoms with Crippen LogP contribution in [0.15, 0.2) is 24.5 Å². The zero-order valence-corrected chi connectivity index (χ0v) is 7.46. The fraction of sp³-hybridized carbons (Fsp3) is 0. The van der Waals surface area contributed by atoms with Crippen LogP contribution in [0.1, 0.15) is 0 Å². The maximum atomic E-state index is 12.9. The Labute approximate surface area is 83.7 Å². The molecule has 0 aliphatic rings. The molecule has 76 valence electrons. The quantitative estimate of drug-likeness (QED) is 0.738. The van der Waals surface area contributed by atoms with Crippen molar-refractivity contribution in [2.24, 2.45) is 0 Å². The molecule has 2 rings (SSSR count). The van der Waals surface area contributed by atoms with E-state index in [0.717, 1.165) is 0 Å². The molecule has 0 saturated carbocycles. The largest absolute Gasteiger partial charge is 0.327 e. The van der Waals surface area contributed by atoms with E-state index in [9.17, 15) is 9.18 Å². The normalized spacial score (nSPS) is 9.93. The minimum atomic E-state index is -0.448. The highest BCUT2D eigenvalue weighted by Crippen LogP contribution is 2.19. The summed E-state index contributed by atoms with van der Waals surface area (Å²) in [6.07, 6.45) is 1.81. The fourth-order valence-corrected chi connectivity index (χ4v) is 1.16. The maximum Gasteiger partial charge on any atom is 0.211 e. The van der Waals surface area contributed by atoms with Gasteiger partial charge in [-0.25, -0.2) is 4.39 Å². The van der Waals surface area contributed by atoms with E-state index >= 15 is 0 Å². The number of carbonyl (C=O) groups excluding carboxylic acids is 1. The van der Waals surface area contributed by atoms with Crippen LogP contribution in [0, 0.1) is 5.82 Å². The number of tetrazole rings is 1. The zero-order chi connectivity index (χ0) is 10.7. The monoisotopic (exact) mass is 207 g/mol. The molecule has 1 amide bonds. The summed E-state index contributed by atoms with van der Waals surface area (Å²) in [5, 5.41) is 12.9. The summed E-state index contributed by atoms with van der Waals surface area (Å²) in [6, 6.07) is 3.91. The first-order chi connectivity index (χ1) is 7.31. The second kappa shape index (κ2) is 3.82. The summed E-state index contributed by atoms with van der Waals surface area (Å²) < 4.78 is 14.2. The van der Waals surface area contributed by atoms with Crippen molar-refractivity contribution >= 4 is 12.1 Å². The summed E-state index contributed by atoms with van der Waals surface area (Å²) in [7, 11) is 0. The van der Waals surface area contributed by atoms with Gasteiger partial charge in [0.1, 0.15) is 12.1 Å². The van der Waals surface area contributed by atoms with Gasteiger partial charge in [-0.2, -0.15) is 4.68 Å². The molecule has 0 saturated heterocycles. The SMILES string of the molecule is O=CNc1cc(F)ccc1-n1cnnn1. The van der Waals surface area contributed by atoms with Gasteiger partial charge >= 0.3 is 0 Å². The number of benzene rings is 1. The number of carbonyl (C=O) groups is 1. The van der Waals surface area contributed by atoms with Crippen LogP contribution in [0.4, 0.5) is 10.1 Å². The summed E-state index contributed by atoms with van der Waals surface area (Å²) in [5.41, 5.74) is 0.797. The lowest BCUT2D eigenvalue weighted by Crippen LogP contribution is -2.03. The summed E-state index contributed by atoms with van der Waals surface area (Å²) in [6.45, 7) is 0. The molecule has 1 heterocycles. The molecule has 0 bridgehead atoms. The van der Waals surface area contributed by atoms with Crippen molar-refractivity contribution in [3.63, 3.8) is 0 Å². The average Bonchev–Trinajstić information content (AvgIpc) is 2.71. The Kier molecular flexibility index (Phi) is 2.36. The predicted octanol–water partition coefficient (Wildman–Crippen LogP) is 0.370. The second-order valence-electron chi connectivity index (χ2n) is 2.68. The van der Waals surface area contributed by atoms with Crippen molar-refractivity contribution < 1.29 is 9.18 Å². The molecule has 0 radical (unpaired) electrons. The van der Waals surface area contributed by atoms with E-state index in [1.165, 1.54) is 29.2 Å². The zero-order valence-electron chi connectivity index (χ0n) is 7.46. The van der Waals surface area contributed by atoms with Crippen molar-refractivity contribution in [3.8, 4) is 5.69 Å². The lowest BCUT2D eigenvalue weighted by Gasteiger charge is -2.06. The first-order valence-electron chi connectivity index (χ1n) is 4.04. The number of halogens is 1. The standard InChI is InChI=1S/C8H6FN5O/c9-6-1-2-8(7(3-6)10-5-15)14-4-11-12-13-14/h1-5H,(H,10,15). The van der Waals surface area contributed by atoms with Gasteiger partial charge in [0.05, 0.1) is 11.4 Å². The van der Waals surface area contributed by atoms with E-state index < -0.39 is 5.82 Å². The third-order valence-electron chi connectivity index (χ3n) is 1.77. The molecule has 7 heteroatoms. The highest BCUT2D eigenvalue weighted by Gasteiger charge is 2.06. The number of amides is 1. The lowest BCUT2D eigenvalue weighted by molar-refractivity contribution is -0.105. The molecule has 1 aromatic carbocycles. The molecule has 1 aromatic heterocycles. The van der Waals surface area contributed by atoms with Crippen LogP contribution in [-0.2, 0) is 4.79 Å². The Hall–Kier alpha value is -2.31. The highest BCUT2D eigenvalue weighted by molar-refractivity contribution is 5.76. The van der Waals surface area contributed by atoms with Crippen LogP contribution in [0.5, 0.6) is 0 Å². The topological polar surface area (TPSA) is 72.7 Å². The van der Waals surface area contributed by atoms with Gasteiger partial charge in [0.25, 0.3) is 0 Å². The van der Waals surface area contributed by atoms with Gasteiger partial charge in [-0.15, -0.1) is 5.10 Å². The number of nitrogens with one attached hydrogen (secondary N) is 1. The van der Waals surface area contributed by atoms with E-state index in [1.807, 2.05) is 0 Å². The van der Waals surface area contributed by atoms with Crippen LogP contribution in [0.25, 0.3) is 5.69 Å². The van der Waals surface area contributed by atoms with Crippen molar-refractivity contribution in [3.05, 3.63) is 30.3 Å². The minimum absolute atomic E-state index is 0.303. The summed E-state index contributed by atoms with van der Waals surface area (Å²) in [4.78, 5) is 10.3. The van der Waals surface area contributed by atoms with Gasteiger partial charge < -0.3 is 5.32 Å². The molecule has 15 heavy (non-hydrogen) atoms. The molecule has 6 nitrogen and oxygen atoms in total. The van der Waals surface area contributed by atoms with E-state index in [0.29, 0.717) is 17.8 Å². The Morgan fingerprint density at radius 1 is 1.47 bits per heavy atom. The van der Waals surface area contributed by atoms with Gasteiger partial charge in [-0.3, -0.25) is 4.79 Å². The van der Waals surface area contributed by atoms with E-state index in [-0.39, 0.29) is 0 Å². The molecule has 0 aliphatic carbocycles. The number of rotatable bonds is 3. The molecule has 0 fully saturated rings. The fourth-order valence-electron chi connectivity index (χ4n) is 1.16. The molecular formula is C8H6FN5O. The van der Waals surface area contributed by atoms with E-state index in [4.69, 9.17) is 0 Å². The molecule has 0 atom stereocenters. The Balaban J connectivity index is 2.50. The highest BCUT2D eigenvalue weighted by atomic mass is 19.1. The van der Waals surface area contributed by atoms with Crippen molar-refractivity contribution in [2.75, 3.05) is 5.32 Å². The van der Waals surface area contributed by atoms with Crippen LogP contribution >= 0.6 is 0 Å². The van der Waals surface area contributed by atoms with Crippen LogP contribution in [0.3, 0.4) is 0 Å². The lowest BCUT2D eigenvalue weighted by atomic mass is 10.2. The molecule has 2 aromatic rings. The van der Waals surface area contributed by atoms with Gasteiger partial charge in [-0.1, -0.05) is 0 Å². The molecule has 1 N–H and O–H groups in total. The van der Waals surface area contributed by atoms with Gasteiger partial charge in [0.2, 0.25) is 6.41 Å². The number of aromatic nitrogens is 4. The van der Waals surface area contributed by atoms with Gasteiger partial charge in [-0.05, 0) is 28.6 Å². The third-order valence-corrected chi connectivity index (χ3v) is 1.77. The van der Waals surface area contributed by atoms with Crippen molar-refractivity contribution in [1.82, 2.24) is 20.2 Å². The number of nitrogens with zero attached hydrogens (tertiary/aromatic N) is 4. The number of anilines is 1. The summed E-state index contributed by atoms with van der Waals surface area (Å²) >= 11 is 0. The van der Waals surface area contributed by atoms with Crippen LogP contribution in [0.2, 0.25) is 0 Å². The molecule has 0 aliphatic heterocycles. The van der Waals surface area contributed by atoms with E-state index in [1.54, 1.807) is 0 Å². The van der Waals surface area contributed by atoms with E-state index in [2.05, 4.69) is 20.8 Å². The van der Waals surface area contributed by atoms with Crippen LogP contribution < -0.4 is 5.32 Å². The van der Waals surface area contributed by atoms with Crippen LogP contribution in [-0.4, -0.2) is 26.6 Å².